The number of benzene rings is 1. The Kier molecular flexibility index (Phi) is 3.93. The second kappa shape index (κ2) is 6.39. The van der Waals surface area contributed by atoms with E-state index in [4.69, 9.17) is 4.42 Å². The second-order valence-electron chi connectivity index (χ2n) is 6.05. The Balaban J connectivity index is 1.57. The molecular weight excluding hydrogens is 318 g/mol. The van der Waals surface area contributed by atoms with Crippen molar-refractivity contribution in [3.8, 4) is 0 Å². The van der Waals surface area contributed by atoms with E-state index >= 15 is 0 Å². The van der Waals surface area contributed by atoms with Crippen LogP contribution in [0.15, 0.2) is 64.0 Å². The molecule has 0 N–H and O–H groups in total. The number of carbonyl (C=O) groups is 1. The average Bonchev–Trinajstić information content (AvgIpc) is 3.17. The van der Waals surface area contributed by atoms with Gasteiger partial charge in [-0.15, -0.1) is 0 Å². The first-order valence-electron chi connectivity index (χ1n) is 8.17. The average molecular weight is 335 g/mol. The van der Waals surface area contributed by atoms with Crippen molar-refractivity contribution in [2.24, 2.45) is 0 Å². The topological polar surface area (TPSA) is 68.3 Å². The fourth-order valence-electron chi connectivity index (χ4n) is 3.04. The summed E-state index contributed by atoms with van der Waals surface area (Å²) in [5.74, 6) is 0.151. The minimum absolute atomic E-state index is 0.157. The molecule has 3 heterocycles. The van der Waals surface area contributed by atoms with E-state index in [0.717, 1.165) is 16.8 Å². The number of nitrogens with zero attached hydrogens (tertiary/aromatic N) is 3. The van der Waals surface area contributed by atoms with Crippen molar-refractivity contribution in [1.82, 2.24) is 14.7 Å². The molecule has 0 radical (unpaired) electrons. The Morgan fingerprint density at radius 2 is 2.00 bits per heavy atom. The van der Waals surface area contributed by atoms with E-state index in [2.05, 4.69) is 5.10 Å². The Labute approximate surface area is 144 Å². The third-order valence-corrected chi connectivity index (χ3v) is 4.34. The number of fused-ring (bicyclic) bond motifs is 1. The van der Waals surface area contributed by atoms with Gasteiger partial charge in [0.15, 0.2) is 5.76 Å². The van der Waals surface area contributed by atoms with Gasteiger partial charge in [0, 0.05) is 31.1 Å². The van der Waals surface area contributed by atoms with E-state index in [1.54, 1.807) is 23.1 Å². The number of hydrogen-bond acceptors (Lipinski definition) is 4. The highest BCUT2D eigenvalue weighted by Gasteiger charge is 2.25. The van der Waals surface area contributed by atoms with Crippen LogP contribution in [-0.4, -0.2) is 27.1 Å². The lowest BCUT2D eigenvalue weighted by Crippen LogP contribution is -2.38. The summed E-state index contributed by atoms with van der Waals surface area (Å²) in [5.41, 5.74) is 2.55. The lowest BCUT2D eigenvalue weighted by Gasteiger charge is -2.27. The maximum Gasteiger partial charge on any atom is 0.289 e. The zero-order valence-corrected chi connectivity index (χ0v) is 13.6. The van der Waals surface area contributed by atoms with Crippen LogP contribution in [0.3, 0.4) is 0 Å². The van der Waals surface area contributed by atoms with Crippen LogP contribution in [0.4, 0.5) is 0 Å². The third-order valence-electron chi connectivity index (χ3n) is 4.34. The molecule has 0 unspecified atom stereocenters. The molecule has 3 aromatic rings. The molecular formula is C19H17N3O3. The molecule has 0 aliphatic carbocycles. The molecule has 0 bridgehead atoms. The van der Waals surface area contributed by atoms with E-state index in [1.807, 2.05) is 30.3 Å². The first-order valence-corrected chi connectivity index (χ1v) is 8.17. The van der Waals surface area contributed by atoms with Crippen LogP contribution >= 0.6 is 0 Å². The van der Waals surface area contributed by atoms with Crippen molar-refractivity contribution in [1.29, 1.82) is 0 Å². The van der Waals surface area contributed by atoms with Crippen LogP contribution < -0.4 is 5.56 Å². The maximum atomic E-state index is 12.4. The summed E-state index contributed by atoms with van der Waals surface area (Å²) in [6.45, 7) is 1.38. The predicted octanol–water partition coefficient (Wildman–Crippen LogP) is 2.08. The standard InChI is InChI=1S/C19H17N3O3/c23-18-11-15-13-21(19(24)17-7-4-10-25-17)9-8-16(15)20-22(18)12-14-5-2-1-3-6-14/h1-7,10-11H,8-9,12-13H2. The van der Waals surface area contributed by atoms with Crippen molar-refractivity contribution in [3.05, 3.63) is 87.7 Å². The lowest BCUT2D eigenvalue weighted by molar-refractivity contribution is 0.0700. The first-order chi connectivity index (χ1) is 12.2. The Morgan fingerprint density at radius 1 is 1.16 bits per heavy atom. The van der Waals surface area contributed by atoms with Gasteiger partial charge in [0.25, 0.3) is 11.5 Å². The number of furan rings is 1. The van der Waals surface area contributed by atoms with Gasteiger partial charge in [-0.05, 0) is 17.7 Å². The van der Waals surface area contributed by atoms with E-state index in [0.29, 0.717) is 31.8 Å². The zero-order chi connectivity index (χ0) is 17.2. The monoisotopic (exact) mass is 335 g/mol. The van der Waals surface area contributed by atoms with Crippen LogP contribution in [0.2, 0.25) is 0 Å². The third kappa shape index (κ3) is 3.10. The molecule has 0 saturated carbocycles. The number of hydrogen-bond donors (Lipinski definition) is 0. The quantitative estimate of drug-likeness (QED) is 0.735. The Hall–Kier alpha value is -3.15. The zero-order valence-electron chi connectivity index (χ0n) is 13.6. The van der Waals surface area contributed by atoms with E-state index < -0.39 is 0 Å². The van der Waals surface area contributed by atoms with Gasteiger partial charge in [-0.3, -0.25) is 9.59 Å². The number of aromatic nitrogens is 2. The minimum Gasteiger partial charge on any atom is -0.459 e. The normalized spacial score (nSPS) is 13.5. The smallest absolute Gasteiger partial charge is 0.289 e. The van der Waals surface area contributed by atoms with Crippen molar-refractivity contribution < 1.29 is 9.21 Å². The summed E-state index contributed by atoms with van der Waals surface area (Å²) < 4.78 is 6.66. The van der Waals surface area contributed by atoms with Gasteiger partial charge >= 0.3 is 0 Å². The van der Waals surface area contributed by atoms with Gasteiger partial charge in [-0.25, -0.2) is 4.68 Å². The summed E-state index contributed by atoms with van der Waals surface area (Å²) >= 11 is 0. The number of rotatable bonds is 3. The van der Waals surface area contributed by atoms with Gasteiger partial charge in [-0.2, -0.15) is 5.10 Å². The van der Waals surface area contributed by atoms with Gasteiger partial charge in [-0.1, -0.05) is 30.3 Å². The van der Waals surface area contributed by atoms with Crippen LogP contribution in [0.1, 0.15) is 27.4 Å². The molecule has 1 amide bonds. The maximum absolute atomic E-state index is 12.4. The van der Waals surface area contributed by atoms with Crippen LogP contribution in [0.5, 0.6) is 0 Å². The predicted molar refractivity (Wildman–Crippen MR) is 91.2 cm³/mol. The second-order valence-corrected chi connectivity index (χ2v) is 6.05. The molecule has 0 spiro atoms. The van der Waals surface area contributed by atoms with Gasteiger partial charge in [0.1, 0.15) is 0 Å². The van der Waals surface area contributed by atoms with Crippen LogP contribution in [0.25, 0.3) is 0 Å². The molecule has 25 heavy (non-hydrogen) atoms. The van der Waals surface area contributed by atoms with Crippen molar-refractivity contribution in [2.45, 2.75) is 19.5 Å². The molecule has 4 rings (SSSR count). The van der Waals surface area contributed by atoms with E-state index in [-0.39, 0.29) is 11.5 Å². The highest BCUT2D eigenvalue weighted by Crippen LogP contribution is 2.18. The first kappa shape index (κ1) is 15.4. The summed E-state index contributed by atoms with van der Waals surface area (Å²) in [5, 5.41) is 4.51. The summed E-state index contributed by atoms with van der Waals surface area (Å²) in [6.07, 6.45) is 2.10. The number of amides is 1. The molecule has 1 aromatic carbocycles. The van der Waals surface area contributed by atoms with Crippen molar-refractivity contribution in [2.75, 3.05) is 6.54 Å². The molecule has 6 nitrogen and oxygen atoms in total. The van der Waals surface area contributed by atoms with Crippen LogP contribution in [0, 0.1) is 0 Å². The van der Waals surface area contributed by atoms with E-state index in [1.165, 1.54) is 10.9 Å². The number of carbonyl (C=O) groups excluding carboxylic acids is 1. The van der Waals surface area contributed by atoms with Gasteiger partial charge < -0.3 is 9.32 Å². The molecule has 6 heteroatoms. The summed E-state index contributed by atoms with van der Waals surface area (Å²) in [7, 11) is 0. The Morgan fingerprint density at radius 3 is 2.76 bits per heavy atom. The van der Waals surface area contributed by atoms with E-state index in [9.17, 15) is 9.59 Å². The Bertz CT molecular complexity index is 946. The molecule has 1 aliphatic heterocycles. The molecule has 1 aliphatic rings. The molecule has 2 aromatic heterocycles. The fraction of sp³-hybridized carbons (Fsp3) is 0.211. The molecule has 0 saturated heterocycles. The fourth-order valence-corrected chi connectivity index (χ4v) is 3.04. The van der Waals surface area contributed by atoms with Crippen LogP contribution in [-0.2, 0) is 19.5 Å². The molecule has 0 atom stereocenters. The minimum atomic E-state index is -0.163. The van der Waals surface area contributed by atoms with Gasteiger partial charge in [0.2, 0.25) is 0 Å². The van der Waals surface area contributed by atoms with Crippen molar-refractivity contribution >= 4 is 5.91 Å². The van der Waals surface area contributed by atoms with Gasteiger partial charge in [0.05, 0.1) is 18.5 Å². The summed E-state index contributed by atoms with van der Waals surface area (Å²) in [6, 6.07) is 14.7. The highest BCUT2D eigenvalue weighted by molar-refractivity contribution is 5.91. The molecule has 126 valence electrons. The SMILES string of the molecule is O=C(c1ccco1)N1CCc2nn(Cc3ccccc3)c(=O)cc2C1. The largest absolute Gasteiger partial charge is 0.459 e. The highest BCUT2D eigenvalue weighted by atomic mass is 16.3. The molecule has 0 fully saturated rings. The summed E-state index contributed by atoms with van der Waals surface area (Å²) in [4.78, 5) is 26.5. The van der Waals surface area contributed by atoms with Crippen molar-refractivity contribution in [3.63, 3.8) is 0 Å². The lowest BCUT2D eigenvalue weighted by atomic mass is 10.1.